The minimum Gasteiger partial charge on any atom is -0.353 e. The van der Waals surface area contributed by atoms with Crippen molar-refractivity contribution in [1.82, 2.24) is 15.2 Å². The summed E-state index contributed by atoms with van der Waals surface area (Å²) in [4.78, 5) is 55.7. The van der Waals surface area contributed by atoms with Crippen LogP contribution in [0.3, 0.4) is 0 Å². The van der Waals surface area contributed by atoms with Crippen LogP contribution in [-0.4, -0.2) is 51.9 Å². The largest absolute Gasteiger partial charge is 0.353 e. The van der Waals surface area contributed by atoms with Crippen molar-refractivity contribution in [3.63, 3.8) is 0 Å². The molecular formula is C24H20N4O4S2. The van der Waals surface area contributed by atoms with Gasteiger partial charge in [-0.2, -0.15) is 0 Å². The smallest absolute Gasteiger partial charge is 0.262 e. The summed E-state index contributed by atoms with van der Waals surface area (Å²) in [5, 5.41) is 6.25. The molecule has 172 valence electrons. The molecule has 0 atom stereocenters. The van der Waals surface area contributed by atoms with Crippen molar-refractivity contribution in [2.45, 2.75) is 23.2 Å². The highest BCUT2D eigenvalue weighted by atomic mass is 32.2. The molecule has 0 saturated heterocycles. The van der Waals surface area contributed by atoms with Gasteiger partial charge in [0, 0.05) is 11.6 Å². The summed E-state index contributed by atoms with van der Waals surface area (Å²) in [7, 11) is 0. The molecule has 1 aromatic heterocycles. The molecule has 2 heterocycles. The Morgan fingerprint density at radius 3 is 2.26 bits per heavy atom. The fraction of sp³-hybridized carbons (Fsp3) is 0.208. The summed E-state index contributed by atoms with van der Waals surface area (Å²) in [5.74, 6) is -1.28. The zero-order chi connectivity index (χ0) is 23.7. The van der Waals surface area contributed by atoms with Gasteiger partial charge >= 0.3 is 0 Å². The Morgan fingerprint density at radius 1 is 0.971 bits per heavy atom. The van der Waals surface area contributed by atoms with E-state index in [1.165, 1.54) is 23.1 Å². The number of hydrogen-bond donors (Lipinski definition) is 2. The molecule has 4 amide bonds. The minimum atomic E-state index is -0.502. The molecule has 2 aliphatic rings. The molecule has 1 fully saturated rings. The summed E-state index contributed by atoms with van der Waals surface area (Å²) < 4.78 is 0.640. The molecular weight excluding hydrogens is 472 g/mol. The van der Waals surface area contributed by atoms with Crippen molar-refractivity contribution in [3.05, 3.63) is 65.7 Å². The first-order valence-electron chi connectivity index (χ1n) is 10.7. The lowest BCUT2D eigenvalue weighted by molar-refractivity contribution is -0.118. The number of nitrogens with zero attached hydrogens (tertiary/aromatic N) is 2. The van der Waals surface area contributed by atoms with Crippen LogP contribution in [-0.2, 0) is 9.59 Å². The van der Waals surface area contributed by atoms with Crippen molar-refractivity contribution in [2.24, 2.45) is 0 Å². The fourth-order valence-corrected chi connectivity index (χ4v) is 5.45. The Bertz CT molecular complexity index is 1250. The van der Waals surface area contributed by atoms with E-state index in [0.29, 0.717) is 32.2 Å². The summed E-state index contributed by atoms with van der Waals surface area (Å²) in [5.41, 5.74) is 1.98. The number of thiazole rings is 1. The topological polar surface area (TPSA) is 108 Å². The van der Waals surface area contributed by atoms with E-state index in [1.807, 2.05) is 30.3 Å². The van der Waals surface area contributed by atoms with Crippen LogP contribution in [0, 0.1) is 0 Å². The normalized spacial score (nSPS) is 14.8. The molecule has 2 aromatic carbocycles. The minimum absolute atomic E-state index is 0.0415. The number of imide groups is 1. The van der Waals surface area contributed by atoms with E-state index in [4.69, 9.17) is 0 Å². The molecule has 8 nitrogen and oxygen atoms in total. The summed E-state index contributed by atoms with van der Waals surface area (Å²) in [6, 6.07) is 16.2. The number of benzene rings is 2. The molecule has 0 bridgehead atoms. The first kappa shape index (κ1) is 22.3. The Balaban J connectivity index is 1.31. The maximum atomic E-state index is 12.8. The Labute approximate surface area is 203 Å². The average molecular weight is 493 g/mol. The predicted octanol–water partition coefficient (Wildman–Crippen LogP) is 3.42. The van der Waals surface area contributed by atoms with E-state index in [1.54, 1.807) is 24.3 Å². The van der Waals surface area contributed by atoms with Crippen LogP contribution in [0.1, 0.15) is 33.6 Å². The van der Waals surface area contributed by atoms with E-state index in [0.717, 1.165) is 23.3 Å². The van der Waals surface area contributed by atoms with Gasteiger partial charge in [0.05, 0.1) is 16.9 Å². The van der Waals surface area contributed by atoms with Gasteiger partial charge in [0.15, 0.2) is 4.34 Å². The molecule has 1 aliphatic carbocycles. The third-order valence-electron chi connectivity index (χ3n) is 5.36. The van der Waals surface area contributed by atoms with Crippen LogP contribution in [0.2, 0.25) is 0 Å². The second kappa shape index (κ2) is 9.40. The average Bonchev–Trinajstić information content (AvgIpc) is 3.52. The summed E-state index contributed by atoms with van der Waals surface area (Å²) >= 11 is 2.56. The molecule has 34 heavy (non-hydrogen) atoms. The number of hydrogen-bond acceptors (Lipinski definition) is 7. The van der Waals surface area contributed by atoms with E-state index in [9.17, 15) is 19.2 Å². The number of amides is 4. The number of thioether (sulfide) groups is 1. The second-order valence-corrected chi connectivity index (χ2v) is 10.2. The second-order valence-electron chi connectivity index (χ2n) is 7.94. The van der Waals surface area contributed by atoms with Gasteiger partial charge in [0.1, 0.15) is 17.2 Å². The Morgan fingerprint density at radius 2 is 1.62 bits per heavy atom. The molecule has 2 N–H and O–H groups in total. The summed E-state index contributed by atoms with van der Waals surface area (Å²) in [6.07, 6.45) is 2.05. The third-order valence-corrected chi connectivity index (χ3v) is 7.47. The maximum absolute atomic E-state index is 12.8. The van der Waals surface area contributed by atoms with Crippen LogP contribution in [0.5, 0.6) is 0 Å². The van der Waals surface area contributed by atoms with Crippen molar-refractivity contribution in [2.75, 3.05) is 17.6 Å². The molecule has 3 aromatic rings. The highest BCUT2D eigenvalue weighted by molar-refractivity contribution is 8.01. The number of fused-ring (bicyclic) bond motifs is 1. The Hall–Kier alpha value is -3.50. The lowest BCUT2D eigenvalue weighted by Crippen LogP contribution is -2.37. The highest BCUT2D eigenvalue weighted by Crippen LogP contribution is 2.37. The SMILES string of the molecule is O=C(CN1C(=O)c2ccccc2C1=O)Nc1sc(SCC(=O)NC2CC2)nc1-c1ccccc1. The molecule has 0 spiro atoms. The third kappa shape index (κ3) is 4.73. The molecule has 0 unspecified atom stereocenters. The number of aromatic nitrogens is 1. The zero-order valence-electron chi connectivity index (χ0n) is 17.9. The van der Waals surface area contributed by atoms with Crippen LogP contribution in [0.4, 0.5) is 5.00 Å². The van der Waals surface area contributed by atoms with Crippen LogP contribution in [0.15, 0.2) is 58.9 Å². The van der Waals surface area contributed by atoms with Crippen LogP contribution < -0.4 is 10.6 Å². The first-order valence-corrected chi connectivity index (χ1v) is 12.5. The number of carbonyl (C=O) groups is 4. The van der Waals surface area contributed by atoms with E-state index < -0.39 is 24.3 Å². The van der Waals surface area contributed by atoms with Gasteiger partial charge in [-0.05, 0) is 25.0 Å². The van der Waals surface area contributed by atoms with Gasteiger partial charge in [0.2, 0.25) is 11.8 Å². The van der Waals surface area contributed by atoms with Gasteiger partial charge in [-0.3, -0.25) is 24.1 Å². The summed E-state index contributed by atoms with van der Waals surface area (Å²) in [6.45, 7) is -0.398. The van der Waals surface area contributed by atoms with Crippen molar-refractivity contribution >= 4 is 51.7 Å². The van der Waals surface area contributed by atoms with Crippen LogP contribution >= 0.6 is 23.1 Å². The van der Waals surface area contributed by atoms with Gasteiger partial charge in [-0.25, -0.2) is 4.98 Å². The van der Waals surface area contributed by atoms with E-state index in [-0.39, 0.29) is 11.7 Å². The van der Waals surface area contributed by atoms with E-state index in [2.05, 4.69) is 15.6 Å². The number of nitrogens with one attached hydrogen (secondary N) is 2. The molecule has 10 heteroatoms. The molecule has 1 aliphatic heterocycles. The highest BCUT2D eigenvalue weighted by Gasteiger charge is 2.36. The lowest BCUT2D eigenvalue weighted by Gasteiger charge is -2.13. The van der Waals surface area contributed by atoms with Gasteiger partial charge < -0.3 is 10.6 Å². The monoisotopic (exact) mass is 492 g/mol. The molecule has 0 radical (unpaired) electrons. The number of rotatable bonds is 8. The Kier molecular flexibility index (Phi) is 6.16. The van der Waals surface area contributed by atoms with Crippen molar-refractivity contribution < 1.29 is 19.2 Å². The standard InChI is InChI=1S/C24H20N4O4S2/c29-18(12-28-22(31)16-8-4-5-9-17(16)23(28)32)26-21-20(14-6-2-1-3-7-14)27-24(34-21)33-13-19(30)25-15-10-11-15/h1-9,15H,10-13H2,(H,25,30)(H,26,29). The number of carbonyl (C=O) groups excluding carboxylic acids is 4. The molecule has 1 saturated carbocycles. The first-order chi connectivity index (χ1) is 16.5. The van der Waals surface area contributed by atoms with Crippen molar-refractivity contribution in [1.29, 1.82) is 0 Å². The van der Waals surface area contributed by atoms with Gasteiger partial charge in [-0.15, -0.1) is 0 Å². The zero-order valence-corrected chi connectivity index (χ0v) is 19.6. The van der Waals surface area contributed by atoms with Gasteiger partial charge in [-0.1, -0.05) is 65.6 Å². The lowest BCUT2D eigenvalue weighted by atomic mass is 10.1. The van der Waals surface area contributed by atoms with Crippen LogP contribution in [0.25, 0.3) is 11.3 Å². The van der Waals surface area contributed by atoms with E-state index >= 15 is 0 Å². The quantitative estimate of drug-likeness (QED) is 0.369. The van der Waals surface area contributed by atoms with Gasteiger partial charge in [0.25, 0.3) is 11.8 Å². The van der Waals surface area contributed by atoms with Crippen molar-refractivity contribution in [3.8, 4) is 11.3 Å². The fourth-order valence-electron chi connectivity index (χ4n) is 3.56. The predicted molar refractivity (Wildman–Crippen MR) is 130 cm³/mol. The maximum Gasteiger partial charge on any atom is 0.262 e. The molecule has 5 rings (SSSR count). The number of anilines is 1.